The van der Waals surface area contributed by atoms with E-state index in [1.54, 1.807) is 50.6 Å². The first-order valence-corrected chi connectivity index (χ1v) is 12.6. The highest BCUT2D eigenvalue weighted by Crippen LogP contribution is 2.26. The highest BCUT2D eigenvalue weighted by molar-refractivity contribution is 9.10. The third-order valence-electron chi connectivity index (χ3n) is 5.46. The summed E-state index contributed by atoms with van der Waals surface area (Å²) >= 11 is 3.45. The molecule has 9 heteroatoms. The molecule has 0 spiro atoms. The summed E-state index contributed by atoms with van der Waals surface area (Å²) in [5.74, 6) is 1.37. The maximum Gasteiger partial charge on any atom is 0.272 e. The fraction of sp³-hybridized carbons (Fsp3) is 0.160. The average molecular weight is 543 g/mol. The van der Waals surface area contributed by atoms with Crippen molar-refractivity contribution >= 4 is 36.7 Å². The molecule has 0 saturated carbocycles. The summed E-state index contributed by atoms with van der Waals surface area (Å²) in [7, 11) is -0.876. The standard InChI is InChI=1S/C25H23BrN2O5S/c1-32-20-10-8-17(24(13-20)33-2)14-27-15-18-16-28(34(30,31)21-6-4-3-5-7-21)25(29)22-11-9-19(26)12-23(18)22/h3-13,16,27H,14-15H2,1-2H3. The fourth-order valence-electron chi connectivity index (χ4n) is 3.71. The minimum Gasteiger partial charge on any atom is -0.497 e. The van der Waals surface area contributed by atoms with Crippen LogP contribution in [0.4, 0.5) is 0 Å². The van der Waals surface area contributed by atoms with E-state index in [0.717, 1.165) is 14.0 Å². The minimum absolute atomic E-state index is 0.0513. The van der Waals surface area contributed by atoms with Crippen LogP contribution in [0.2, 0.25) is 0 Å². The molecule has 176 valence electrons. The lowest BCUT2D eigenvalue weighted by atomic mass is 10.1. The smallest absolute Gasteiger partial charge is 0.272 e. The Morgan fingerprint density at radius 1 is 0.882 bits per heavy atom. The van der Waals surface area contributed by atoms with Gasteiger partial charge in [0.25, 0.3) is 15.6 Å². The Morgan fingerprint density at radius 2 is 1.62 bits per heavy atom. The fourth-order valence-corrected chi connectivity index (χ4v) is 5.38. The van der Waals surface area contributed by atoms with E-state index in [2.05, 4.69) is 21.2 Å². The SMILES string of the molecule is COc1ccc(CNCc2cn(S(=O)(=O)c3ccccc3)c(=O)c3ccc(Br)cc23)c(OC)c1. The maximum atomic E-state index is 13.3. The molecule has 0 aliphatic carbocycles. The van der Waals surface area contributed by atoms with E-state index < -0.39 is 15.6 Å². The average Bonchev–Trinajstić information content (AvgIpc) is 2.85. The molecule has 0 radical (unpaired) electrons. The largest absolute Gasteiger partial charge is 0.497 e. The Morgan fingerprint density at radius 3 is 2.32 bits per heavy atom. The van der Waals surface area contributed by atoms with Crippen molar-refractivity contribution in [2.75, 3.05) is 14.2 Å². The molecule has 7 nitrogen and oxygen atoms in total. The molecule has 0 atom stereocenters. The second-order valence-electron chi connectivity index (χ2n) is 7.54. The number of ether oxygens (including phenoxy) is 2. The van der Waals surface area contributed by atoms with E-state index in [4.69, 9.17) is 9.47 Å². The predicted octanol–water partition coefficient (Wildman–Crippen LogP) is 4.31. The van der Waals surface area contributed by atoms with Gasteiger partial charge in [0.15, 0.2) is 0 Å². The zero-order chi connectivity index (χ0) is 24.3. The van der Waals surface area contributed by atoms with E-state index in [-0.39, 0.29) is 4.90 Å². The number of rotatable bonds is 8. The summed E-state index contributed by atoms with van der Waals surface area (Å²) in [6, 6.07) is 18.7. The zero-order valence-corrected chi connectivity index (χ0v) is 21.0. The quantitative estimate of drug-likeness (QED) is 0.357. The van der Waals surface area contributed by atoms with Crippen LogP contribution in [0, 0.1) is 0 Å². The van der Waals surface area contributed by atoms with Gasteiger partial charge in [-0.3, -0.25) is 4.79 Å². The molecule has 1 aromatic heterocycles. The predicted molar refractivity (Wildman–Crippen MR) is 135 cm³/mol. The van der Waals surface area contributed by atoms with Crippen LogP contribution in [0.15, 0.2) is 87.1 Å². The Balaban J connectivity index is 1.73. The van der Waals surface area contributed by atoms with Crippen LogP contribution in [-0.4, -0.2) is 26.6 Å². The number of hydrogen-bond acceptors (Lipinski definition) is 6. The van der Waals surface area contributed by atoms with Gasteiger partial charge < -0.3 is 14.8 Å². The Hall–Kier alpha value is -3.14. The van der Waals surface area contributed by atoms with Crippen LogP contribution in [0.1, 0.15) is 11.1 Å². The molecule has 0 amide bonds. The van der Waals surface area contributed by atoms with Crippen LogP contribution < -0.4 is 20.3 Å². The van der Waals surface area contributed by atoms with Gasteiger partial charge in [0.1, 0.15) is 11.5 Å². The molecular formula is C25H23BrN2O5S. The van der Waals surface area contributed by atoms with Crippen molar-refractivity contribution in [1.82, 2.24) is 9.29 Å². The van der Waals surface area contributed by atoms with Gasteiger partial charge >= 0.3 is 0 Å². The van der Waals surface area contributed by atoms with Crippen LogP contribution in [0.5, 0.6) is 11.5 Å². The second-order valence-corrected chi connectivity index (χ2v) is 10.3. The molecule has 0 aliphatic heterocycles. The molecular weight excluding hydrogens is 520 g/mol. The summed E-state index contributed by atoms with van der Waals surface area (Å²) in [6.07, 6.45) is 1.40. The number of nitrogens with zero attached hydrogens (tertiary/aromatic N) is 1. The number of methoxy groups -OCH3 is 2. The van der Waals surface area contributed by atoms with E-state index in [0.29, 0.717) is 40.9 Å². The number of halogens is 1. The third kappa shape index (κ3) is 4.72. The van der Waals surface area contributed by atoms with Gasteiger partial charge in [-0.25, -0.2) is 12.4 Å². The molecule has 0 aliphatic rings. The first-order chi connectivity index (χ1) is 16.3. The van der Waals surface area contributed by atoms with Crippen LogP contribution in [0.25, 0.3) is 10.8 Å². The molecule has 34 heavy (non-hydrogen) atoms. The molecule has 0 saturated heterocycles. The molecule has 1 heterocycles. The third-order valence-corrected chi connectivity index (χ3v) is 7.61. The van der Waals surface area contributed by atoms with Crippen molar-refractivity contribution in [3.8, 4) is 11.5 Å². The number of pyridine rings is 1. The molecule has 4 rings (SSSR count). The van der Waals surface area contributed by atoms with Gasteiger partial charge in [0, 0.05) is 40.8 Å². The summed E-state index contributed by atoms with van der Waals surface area (Å²) in [5.41, 5.74) is 0.994. The molecule has 1 N–H and O–H groups in total. The zero-order valence-electron chi connectivity index (χ0n) is 18.6. The van der Waals surface area contributed by atoms with Crippen LogP contribution in [0.3, 0.4) is 0 Å². The molecule has 0 bridgehead atoms. The summed E-state index contributed by atoms with van der Waals surface area (Å²) < 4.78 is 38.8. The highest BCUT2D eigenvalue weighted by atomic mass is 79.9. The van der Waals surface area contributed by atoms with Crippen molar-refractivity contribution in [1.29, 1.82) is 0 Å². The van der Waals surface area contributed by atoms with Gasteiger partial charge in [0.2, 0.25) is 0 Å². The second kappa shape index (κ2) is 10.0. The van der Waals surface area contributed by atoms with Gasteiger partial charge in [-0.15, -0.1) is 0 Å². The molecule has 0 fully saturated rings. The van der Waals surface area contributed by atoms with Crippen LogP contribution >= 0.6 is 15.9 Å². The normalized spacial score (nSPS) is 11.5. The van der Waals surface area contributed by atoms with Gasteiger partial charge in [-0.1, -0.05) is 40.2 Å². The van der Waals surface area contributed by atoms with E-state index in [1.807, 2.05) is 18.2 Å². The van der Waals surface area contributed by atoms with Crippen molar-refractivity contribution in [2.24, 2.45) is 0 Å². The Labute approximate surface area is 206 Å². The van der Waals surface area contributed by atoms with E-state index in [1.165, 1.54) is 18.3 Å². The van der Waals surface area contributed by atoms with Crippen molar-refractivity contribution in [3.63, 3.8) is 0 Å². The van der Waals surface area contributed by atoms with E-state index in [9.17, 15) is 13.2 Å². The number of fused-ring (bicyclic) bond motifs is 1. The monoisotopic (exact) mass is 542 g/mol. The van der Waals surface area contributed by atoms with Crippen molar-refractivity contribution < 1.29 is 17.9 Å². The van der Waals surface area contributed by atoms with Crippen molar-refractivity contribution in [2.45, 2.75) is 18.0 Å². The highest BCUT2D eigenvalue weighted by Gasteiger charge is 2.21. The summed E-state index contributed by atoms with van der Waals surface area (Å²) in [4.78, 5) is 13.2. The lowest BCUT2D eigenvalue weighted by Crippen LogP contribution is -2.28. The Bertz CT molecular complexity index is 1500. The van der Waals surface area contributed by atoms with E-state index >= 15 is 0 Å². The van der Waals surface area contributed by atoms with Crippen LogP contribution in [-0.2, 0) is 23.1 Å². The number of hydrogen-bond donors (Lipinski definition) is 1. The number of nitrogens with one attached hydrogen (secondary N) is 1. The molecule has 0 unspecified atom stereocenters. The summed E-state index contributed by atoms with van der Waals surface area (Å²) in [6.45, 7) is 0.792. The minimum atomic E-state index is -4.06. The number of aromatic nitrogens is 1. The van der Waals surface area contributed by atoms with Gasteiger partial charge in [-0.2, -0.15) is 0 Å². The first-order valence-electron chi connectivity index (χ1n) is 10.4. The lowest BCUT2D eigenvalue weighted by molar-refractivity contribution is 0.390. The number of benzene rings is 3. The summed E-state index contributed by atoms with van der Waals surface area (Å²) in [5, 5.41) is 4.33. The first kappa shape index (κ1) is 24.0. The maximum absolute atomic E-state index is 13.3. The lowest BCUT2D eigenvalue weighted by Gasteiger charge is -2.15. The topological polar surface area (TPSA) is 86.6 Å². The van der Waals surface area contributed by atoms with Gasteiger partial charge in [0.05, 0.1) is 19.1 Å². The Kier molecular flexibility index (Phi) is 7.06. The van der Waals surface area contributed by atoms with Gasteiger partial charge in [-0.05, 0) is 47.3 Å². The molecule has 4 aromatic rings. The van der Waals surface area contributed by atoms with Crippen molar-refractivity contribution in [3.05, 3.63) is 98.9 Å². The molecule has 3 aromatic carbocycles.